The number of alkyl halides is 3. The molecule has 22 heavy (non-hydrogen) atoms. The highest BCUT2D eigenvalue weighted by atomic mass is 19.4. The molecule has 1 aromatic carbocycles. The predicted molar refractivity (Wildman–Crippen MR) is 71.3 cm³/mol. The van der Waals surface area contributed by atoms with Crippen molar-refractivity contribution in [2.24, 2.45) is 0 Å². The molecule has 0 amide bonds. The van der Waals surface area contributed by atoms with Crippen molar-refractivity contribution in [1.82, 2.24) is 14.8 Å². The summed E-state index contributed by atoms with van der Waals surface area (Å²) in [7, 11) is 0. The van der Waals surface area contributed by atoms with Crippen molar-refractivity contribution in [2.75, 3.05) is 0 Å². The van der Waals surface area contributed by atoms with E-state index in [1.807, 2.05) is 0 Å². The lowest BCUT2D eigenvalue weighted by molar-refractivity contribution is -0.385. The highest BCUT2D eigenvalue weighted by Gasteiger charge is 2.36. The molecule has 0 aliphatic rings. The van der Waals surface area contributed by atoms with Gasteiger partial charge in [-0.2, -0.15) is 13.2 Å². The predicted octanol–water partition coefficient (Wildman–Crippen LogP) is 3.12. The number of nitrogens with zero attached hydrogens (tertiary/aromatic N) is 4. The zero-order valence-corrected chi connectivity index (χ0v) is 11.9. The van der Waals surface area contributed by atoms with E-state index in [1.165, 1.54) is 16.8 Å². The Morgan fingerprint density at radius 1 is 1.36 bits per heavy atom. The van der Waals surface area contributed by atoms with Gasteiger partial charge in [0.05, 0.1) is 4.92 Å². The van der Waals surface area contributed by atoms with Crippen LogP contribution in [0.1, 0.15) is 29.7 Å². The van der Waals surface area contributed by atoms with Crippen LogP contribution in [0.5, 0.6) is 0 Å². The molecule has 0 aliphatic carbocycles. The van der Waals surface area contributed by atoms with Crippen LogP contribution in [0.3, 0.4) is 0 Å². The molecule has 2 rings (SSSR count). The molecule has 0 saturated heterocycles. The zero-order chi connectivity index (χ0) is 16.5. The minimum absolute atomic E-state index is 0.0308. The van der Waals surface area contributed by atoms with Gasteiger partial charge < -0.3 is 0 Å². The summed E-state index contributed by atoms with van der Waals surface area (Å²) < 4.78 is 39.1. The van der Waals surface area contributed by atoms with Crippen LogP contribution in [0.25, 0.3) is 0 Å². The summed E-state index contributed by atoms with van der Waals surface area (Å²) in [6.07, 6.45) is -4.48. The van der Waals surface area contributed by atoms with Crippen molar-refractivity contribution in [3.63, 3.8) is 0 Å². The Balaban J connectivity index is 2.33. The average molecular weight is 314 g/mol. The number of nitro benzene ring substituents is 1. The summed E-state index contributed by atoms with van der Waals surface area (Å²) in [5.41, 5.74) is 1.05. The van der Waals surface area contributed by atoms with Crippen LogP contribution in [0.4, 0.5) is 18.9 Å². The van der Waals surface area contributed by atoms with Crippen LogP contribution in [0.2, 0.25) is 0 Å². The lowest BCUT2D eigenvalue weighted by atomic mass is 10.1. The van der Waals surface area contributed by atoms with E-state index in [9.17, 15) is 23.3 Å². The summed E-state index contributed by atoms with van der Waals surface area (Å²) in [5.74, 6) is -1.01. The van der Waals surface area contributed by atoms with E-state index in [4.69, 9.17) is 0 Å². The summed E-state index contributed by atoms with van der Waals surface area (Å²) in [6.45, 7) is 3.50. The normalized spacial score (nSPS) is 11.7. The number of aryl methyl sites for hydroxylation is 2. The minimum Gasteiger partial charge on any atom is -0.258 e. The van der Waals surface area contributed by atoms with Gasteiger partial charge >= 0.3 is 6.18 Å². The Bertz CT molecular complexity index is 710. The molecular weight excluding hydrogens is 301 g/mol. The smallest absolute Gasteiger partial charge is 0.258 e. The Kier molecular flexibility index (Phi) is 4.16. The number of nitro groups is 1. The van der Waals surface area contributed by atoms with E-state index in [1.54, 1.807) is 19.9 Å². The summed E-state index contributed by atoms with van der Waals surface area (Å²) in [5, 5.41) is 14.2. The molecule has 0 unspecified atom stereocenters. The second kappa shape index (κ2) is 5.74. The van der Waals surface area contributed by atoms with E-state index >= 15 is 0 Å². The van der Waals surface area contributed by atoms with Crippen LogP contribution in [0, 0.1) is 17.0 Å². The Hall–Kier alpha value is -2.45. The van der Waals surface area contributed by atoms with Gasteiger partial charge in [0.1, 0.15) is 5.82 Å². The molecule has 118 valence electrons. The first-order chi connectivity index (χ1) is 10.2. The van der Waals surface area contributed by atoms with Gasteiger partial charge in [0.2, 0.25) is 0 Å². The number of halogens is 3. The first-order valence-corrected chi connectivity index (χ1v) is 6.47. The standard InChI is InChI=1S/C13H13F3N4O2/c1-3-19-11(17-12(18-19)13(14,15)16)7-9-4-5-10(20(21)22)8(2)6-9/h4-6H,3,7H2,1-2H3. The largest absolute Gasteiger partial charge is 0.453 e. The molecule has 0 bridgehead atoms. The molecular formula is C13H13F3N4O2. The molecule has 0 N–H and O–H groups in total. The number of rotatable bonds is 4. The SMILES string of the molecule is CCn1nc(C(F)(F)F)nc1Cc1ccc([N+](=O)[O-])c(C)c1. The van der Waals surface area contributed by atoms with Crippen molar-refractivity contribution in [3.05, 3.63) is 51.1 Å². The maximum absolute atomic E-state index is 12.6. The molecule has 0 saturated carbocycles. The molecule has 0 spiro atoms. The molecule has 0 aliphatic heterocycles. The number of hydrogen-bond donors (Lipinski definition) is 0. The Labute approximate surface area is 123 Å². The number of hydrogen-bond acceptors (Lipinski definition) is 4. The van der Waals surface area contributed by atoms with Crippen LogP contribution < -0.4 is 0 Å². The van der Waals surface area contributed by atoms with Gasteiger partial charge in [-0.3, -0.25) is 10.1 Å². The van der Waals surface area contributed by atoms with Crippen LogP contribution in [-0.2, 0) is 19.1 Å². The van der Waals surface area contributed by atoms with Gasteiger partial charge in [0, 0.05) is 24.6 Å². The molecule has 0 atom stereocenters. The number of aromatic nitrogens is 3. The van der Waals surface area contributed by atoms with Crippen LogP contribution in [-0.4, -0.2) is 19.7 Å². The van der Waals surface area contributed by atoms with Gasteiger partial charge in [-0.1, -0.05) is 6.07 Å². The van der Waals surface area contributed by atoms with E-state index < -0.39 is 16.9 Å². The fraction of sp³-hybridized carbons (Fsp3) is 0.385. The molecule has 0 fully saturated rings. The second-order valence-electron chi connectivity index (χ2n) is 4.72. The highest BCUT2D eigenvalue weighted by molar-refractivity contribution is 5.42. The lowest BCUT2D eigenvalue weighted by Gasteiger charge is -2.04. The molecule has 9 heteroatoms. The Morgan fingerprint density at radius 2 is 2.05 bits per heavy atom. The average Bonchev–Trinajstić information content (AvgIpc) is 2.81. The maximum atomic E-state index is 12.6. The Morgan fingerprint density at radius 3 is 2.55 bits per heavy atom. The monoisotopic (exact) mass is 314 g/mol. The van der Waals surface area contributed by atoms with Crippen molar-refractivity contribution in [3.8, 4) is 0 Å². The van der Waals surface area contributed by atoms with Gasteiger partial charge in [-0.15, -0.1) is 5.10 Å². The van der Waals surface area contributed by atoms with E-state index in [0.717, 1.165) is 0 Å². The molecule has 0 radical (unpaired) electrons. The molecule has 2 aromatic rings. The topological polar surface area (TPSA) is 73.8 Å². The summed E-state index contributed by atoms with van der Waals surface area (Å²) in [6, 6.07) is 4.41. The van der Waals surface area contributed by atoms with E-state index in [-0.39, 0.29) is 24.5 Å². The third-order valence-corrected chi connectivity index (χ3v) is 3.12. The van der Waals surface area contributed by atoms with E-state index in [2.05, 4.69) is 10.1 Å². The van der Waals surface area contributed by atoms with Gasteiger partial charge in [-0.25, -0.2) is 9.67 Å². The van der Waals surface area contributed by atoms with Gasteiger partial charge in [0.15, 0.2) is 0 Å². The second-order valence-corrected chi connectivity index (χ2v) is 4.72. The van der Waals surface area contributed by atoms with E-state index in [0.29, 0.717) is 11.1 Å². The fourth-order valence-corrected chi connectivity index (χ4v) is 2.09. The first kappa shape index (κ1) is 15.9. The van der Waals surface area contributed by atoms with Crippen LogP contribution >= 0.6 is 0 Å². The molecule has 6 nitrogen and oxygen atoms in total. The summed E-state index contributed by atoms with van der Waals surface area (Å²) in [4.78, 5) is 13.8. The zero-order valence-electron chi connectivity index (χ0n) is 11.9. The maximum Gasteiger partial charge on any atom is 0.453 e. The fourth-order valence-electron chi connectivity index (χ4n) is 2.09. The van der Waals surface area contributed by atoms with Crippen molar-refractivity contribution in [1.29, 1.82) is 0 Å². The van der Waals surface area contributed by atoms with Crippen LogP contribution in [0.15, 0.2) is 18.2 Å². The minimum atomic E-state index is -4.60. The quantitative estimate of drug-likeness (QED) is 0.642. The van der Waals surface area contributed by atoms with Crippen molar-refractivity contribution < 1.29 is 18.1 Å². The van der Waals surface area contributed by atoms with Crippen molar-refractivity contribution >= 4 is 5.69 Å². The summed E-state index contributed by atoms with van der Waals surface area (Å²) >= 11 is 0. The van der Waals surface area contributed by atoms with Crippen molar-refractivity contribution in [2.45, 2.75) is 33.0 Å². The highest BCUT2D eigenvalue weighted by Crippen LogP contribution is 2.27. The molecule has 1 aromatic heterocycles. The third kappa shape index (κ3) is 3.23. The first-order valence-electron chi connectivity index (χ1n) is 6.47. The third-order valence-electron chi connectivity index (χ3n) is 3.12. The van der Waals surface area contributed by atoms with Gasteiger partial charge in [0.25, 0.3) is 11.5 Å². The van der Waals surface area contributed by atoms with Gasteiger partial charge in [-0.05, 0) is 25.5 Å². The lowest BCUT2D eigenvalue weighted by Crippen LogP contribution is -2.08. The number of benzene rings is 1. The molecule has 1 heterocycles.